The topological polar surface area (TPSA) is 142 Å². The van der Waals surface area contributed by atoms with E-state index in [2.05, 4.69) is 64.4 Å². The number of carbonyl (C=O) groups is 2. The Morgan fingerprint density at radius 2 is 1.16 bits per heavy atom. The average Bonchev–Trinajstić information content (AvgIpc) is 3.25. The van der Waals surface area contributed by atoms with Crippen LogP contribution < -0.4 is 29.9 Å². The zero-order valence-electron chi connectivity index (χ0n) is 35.4. The second kappa shape index (κ2) is 25.9. The van der Waals surface area contributed by atoms with Crippen LogP contribution in [0.15, 0.2) is 54.6 Å². The Labute approximate surface area is 346 Å². The van der Waals surface area contributed by atoms with Crippen molar-refractivity contribution in [2.75, 3.05) is 53.6 Å². The summed E-state index contributed by atoms with van der Waals surface area (Å²) >= 11 is 0. The van der Waals surface area contributed by atoms with E-state index in [1.54, 1.807) is 25.2 Å². The Hall–Kier alpha value is -4.36. The maximum Gasteiger partial charge on any atom is 0.243 e. The van der Waals surface area contributed by atoms with Crippen molar-refractivity contribution in [3.05, 3.63) is 82.4 Å². The van der Waals surface area contributed by atoms with Gasteiger partial charge in [-0.05, 0) is 118 Å². The van der Waals surface area contributed by atoms with E-state index in [1.165, 1.54) is 40.7 Å². The van der Waals surface area contributed by atoms with Gasteiger partial charge >= 0.3 is 0 Å². The van der Waals surface area contributed by atoms with Gasteiger partial charge in [0.05, 0.1) is 33.5 Å². The van der Waals surface area contributed by atoms with Crippen LogP contribution in [-0.4, -0.2) is 85.6 Å². The third-order valence-electron chi connectivity index (χ3n) is 11.0. The van der Waals surface area contributed by atoms with Crippen LogP contribution in [0.5, 0.6) is 23.0 Å². The fourth-order valence-electron chi connectivity index (χ4n) is 8.01. The summed E-state index contributed by atoms with van der Waals surface area (Å²) in [5, 5.41) is 17.0. The van der Waals surface area contributed by atoms with Gasteiger partial charge in [-0.3, -0.25) is 29.8 Å². The lowest BCUT2D eigenvalue weighted by molar-refractivity contribution is -0.130. The number of amides is 2. The number of unbranched alkanes of at least 4 members (excludes halogenated alkanes) is 8. The average molecular weight is 805 g/mol. The van der Waals surface area contributed by atoms with E-state index < -0.39 is 0 Å². The van der Waals surface area contributed by atoms with Crippen LogP contribution in [0.4, 0.5) is 0 Å². The number of hydrogen-bond donors (Lipinski definition) is 4. The molecule has 4 N–H and O–H groups in total. The molecule has 0 saturated heterocycles. The number of methoxy groups -OCH3 is 2. The lowest BCUT2D eigenvalue weighted by Gasteiger charge is -2.38. The molecule has 3 aromatic carbocycles. The van der Waals surface area contributed by atoms with Crippen LogP contribution >= 0.6 is 0 Å². The van der Waals surface area contributed by atoms with Crippen molar-refractivity contribution >= 4 is 11.8 Å². The van der Waals surface area contributed by atoms with Crippen LogP contribution in [-0.2, 0) is 29.0 Å². The fraction of sp³-hybridized carbons (Fsp3) is 0.565. The summed E-state index contributed by atoms with van der Waals surface area (Å²) in [6.45, 7) is 10.5. The molecule has 58 heavy (non-hydrogen) atoms. The standard InChI is InChI=1S/C25H34N2O4.C21H34N2O4/c1-30-22-17-20-14-16-27(15-10-5-3-4-9-13-24(28)26-29)25(19-11-7-6-8-12-19)21(20)18-23(22)31-2;1-3-26-19-14-17-11-13-23(16-18(17)15-20(19)27-4-2)12-9-7-5-6-8-10-21(24)22-25/h6-8,11-12,17-18,25,29H,3-5,9-10,13-16H2,1-2H3,(H,26,28);14-15,25H,3-13,16H2,1-2H3,(H,22,24). The molecule has 3 aromatic rings. The SMILES string of the molecule is CCOc1cc2c(cc1OCC)CN(CCCCCCCC(=O)NO)CC2.COc1cc2c(cc1OC)C(c1ccccc1)N(CCCCCCCC(=O)NO)CC2. The molecule has 320 valence electrons. The number of benzene rings is 3. The van der Waals surface area contributed by atoms with Gasteiger partial charge in [-0.2, -0.15) is 0 Å². The monoisotopic (exact) mass is 805 g/mol. The molecule has 0 saturated carbocycles. The summed E-state index contributed by atoms with van der Waals surface area (Å²) in [6, 6.07) is 19.5. The Balaban J connectivity index is 0.000000259. The zero-order chi connectivity index (χ0) is 41.5. The summed E-state index contributed by atoms with van der Waals surface area (Å²) in [6.07, 6.45) is 13.4. The Morgan fingerprint density at radius 3 is 1.74 bits per heavy atom. The van der Waals surface area contributed by atoms with Gasteiger partial charge in [-0.1, -0.05) is 68.9 Å². The van der Waals surface area contributed by atoms with Gasteiger partial charge in [0.25, 0.3) is 0 Å². The minimum absolute atomic E-state index is 0.206. The highest BCUT2D eigenvalue weighted by molar-refractivity contribution is 5.74. The van der Waals surface area contributed by atoms with E-state index in [0.717, 1.165) is 120 Å². The van der Waals surface area contributed by atoms with E-state index in [1.807, 2.05) is 13.8 Å². The predicted octanol–water partition coefficient (Wildman–Crippen LogP) is 8.19. The number of nitrogens with zero attached hydrogens (tertiary/aromatic N) is 2. The molecule has 1 atom stereocenters. The molecule has 0 bridgehead atoms. The molecule has 0 aliphatic carbocycles. The number of fused-ring (bicyclic) bond motifs is 2. The molecular formula is C46H68N4O8. The van der Waals surface area contributed by atoms with Crippen LogP contribution in [0, 0.1) is 0 Å². The van der Waals surface area contributed by atoms with Crippen molar-refractivity contribution in [3.8, 4) is 23.0 Å². The summed E-state index contributed by atoms with van der Waals surface area (Å²) in [4.78, 5) is 27.1. The molecule has 2 aliphatic rings. The summed E-state index contributed by atoms with van der Waals surface area (Å²) < 4.78 is 22.6. The molecule has 2 aliphatic heterocycles. The molecule has 0 radical (unpaired) electrons. The van der Waals surface area contributed by atoms with Gasteiger partial charge in [0.2, 0.25) is 11.8 Å². The predicted molar refractivity (Wildman–Crippen MR) is 226 cm³/mol. The van der Waals surface area contributed by atoms with Crippen molar-refractivity contribution in [2.45, 2.75) is 116 Å². The molecule has 5 rings (SSSR count). The van der Waals surface area contributed by atoms with Crippen LogP contribution in [0.1, 0.15) is 125 Å². The largest absolute Gasteiger partial charge is 0.493 e. The number of rotatable bonds is 23. The van der Waals surface area contributed by atoms with Crippen molar-refractivity contribution in [1.82, 2.24) is 20.8 Å². The number of nitrogens with one attached hydrogen (secondary N) is 2. The van der Waals surface area contributed by atoms with Crippen molar-refractivity contribution in [3.63, 3.8) is 0 Å². The smallest absolute Gasteiger partial charge is 0.243 e. The first-order valence-electron chi connectivity index (χ1n) is 21.4. The number of ether oxygens (including phenoxy) is 4. The van der Waals surface area contributed by atoms with Crippen LogP contribution in [0.25, 0.3) is 0 Å². The van der Waals surface area contributed by atoms with Crippen LogP contribution in [0.2, 0.25) is 0 Å². The first-order chi connectivity index (χ1) is 28.3. The fourth-order valence-corrected chi connectivity index (χ4v) is 8.01. The lowest BCUT2D eigenvalue weighted by atomic mass is 9.87. The van der Waals surface area contributed by atoms with Crippen molar-refractivity contribution < 1.29 is 39.0 Å². The molecule has 0 aromatic heterocycles. The second-order valence-electron chi connectivity index (χ2n) is 15.1. The van der Waals surface area contributed by atoms with Crippen LogP contribution in [0.3, 0.4) is 0 Å². The van der Waals surface area contributed by atoms with Crippen molar-refractivity contribution in [1.29, 1.82) is 0 Å². The van der Waals surface area contributed by atoms with Gasteiger partial charge < -0.3 is 18.9 Å². The minimum Gasteiger partial charge on any atom is -0.493 e. The van der Waals surface area contributed by atoms with Gasteiger partial charge in [0.15, 0.2) is 23.0 Å². The Kier molecular flexibility index (Phi) is 20.7. The maximum absolute atomic E-state index is 11.1. The Bertz CT molecular complexity index is 1670. The van der Waals surface area contributed by atoms with Gasteiger partial charge in [0, 0.05) is 32.5 Å². The summed E-state index contributed by atoms with van der Waals surface area (Å²) in [5.74, 6) is 2.69. The van der Waals surface area contributed by atoms with E-state index in [0.29, 0.717) is 26.1 Å². The van der Waals surface area contributed by atoms with Crippen molar-refractivity contribution in [2.24, 2.45) is 0 Å². The van der Waals surface area contributed by atoms with E-state index in [-0.39, 0.29) is 17.9 Å². The summed E-state index contributed by atoms with van der Waals surface area (Å²) in [7, 11) is 3.37. The normalized spacial score (nSPS) is 15.0. The first-order valence-corrected chi connectivity index (χ1v) is 21.4. The molecule has 0 spiro atoms. The zero-order valence-corrected chi connectivity index (χ0v) is 35.4. The third kappa shape index (κ3) is 14.5. The molecule has 2 amide bonds. The van der Waals surface area contributed by atoms with Gasteiger partial charge in [-0.25, -0.2) is 11.0 Å². The third-order valence-corrected chi connectivity index (χ3v) is 11.0. The molecule has 12 heteroatoms. The second-order valence-corrected chi connectivity index (χ2v) is 15.1. The lowest BCUT2D eigenvalue weighted by Crippen LogP contribution is -2.36. The highest BCUT2D eigenvalue weighted by Gasteiger charge is 2.30. The highest BCUT2D eigenvalue weighted by Crippen LogP contribution is 2.41. The van der Waals surface area contributed by atoms with Gasteiger partial charge in [-0.15, -0.1) is 0 Å². The highest BCUT2D eigenvalue weighted by atomic mass is 16.5. The number of hydroxylamine groups is 2. The maximum atomic E-state index is 11.1. The molecule has 2 heterocycles. The molecule has 12 nitrogen and oxygen atoms in total. The van der Waals surface area contributed by atoms with Gasteiger partial charge in [0.1, 0.15) is 0 Å². The molecule has 0 fully saturated rings. The first kappa shape index (κ1) is 46.3. The van der Waals surface area contributed by atoms with E-state index >= 15 is 0 Å². The Morgan fingerprint density at radius 1 is 0.638 bits per heavy atom. The van der Waals surface area contributed by atoms with E-state index in [4.69, 9.17) is 29.4 Å². The summed E-state index contributed by atoms with van der Waals surface area (Å²) in [5.41, 5.74) is 10.0. The van der Waals surface area contributed by atoms with E-state index in [9.17, 15) is 9.59 Å². The minimum atomic E-state index is -0.301. The quantitative estimate of drug-likeness (QED) is 0.0421. The number of hydrogen-bond acceptors (Lipinski definition) is 10. The number of carbonyl (C=O) groups excluding carboxylic acids is 2. The molecular weight excluding hydrogens is 737 g/mol. The molecule has 1 unspecified atom stereocenters.